The topological polar surface area (TPSA) is 15.3 Å². The summed E-state index contributed by atoms with van der Waals surface area (Å²) in [5, 5.41) is 3.48. The summed E-state index contributed by atoms with van der Waals surface area (Å²) in [6.07, 6.45) is 0.935. The summed E-state index contributed by atoms with van der Waals surface area (Å²) >= 11 is 0. The smallest absolute Gasteiger partial charge is 0.315 e. The summed E-state index contributed by atoms with van der Waals surface area (Å²) in [5.41, 5.74) is 0.398. The third kappa shape index (κ3) is 3.30. The van der Waals surface area contributed by atoms with Gasteiger partial charge in [0.2, 0.25) is 0 Å². The average Bonchev–Trinajstić information content (AvgIpc) is 2.44. The number of nitrogens with zero attached hydrogens (tertiary/aromatic N) is 1. The van der Waals surface area contributed by atoms with Gasteiger partial charge >= 0.3 is 6.18 Å². The molecule has 1 aromatic rings. The summed E-state index contributed by atoms with van der Waals surface area (Å²) in [6, 6.07) is 5.79. The number of likely N-dealkylation sites (tertiary alicyclic amines) is 1. The second-order valence-corrected chi connectivity index (χ2v) is 6.54. The Morgan fingerprint density at radius 2 is 2.00 bits per heavy atom. The molecule has 2 saturated heterocycles. The van der Waals surface area contributed by atoms with Crippen LogP contribution in [0.3, 0.4) is 0 Å². The quantitative estimate of drug-likeness (QED) is 0.916. The fourth-order valence-corrected chi connectivity index (χ4v) is 3.66. The maximum absolute atomic E-state index is 12.8. The normalized spacial score (nSPS) is 26.7. The van der Waals surface area contributed by atoms with E-state index in [4.69, 9.17) is 0 Å². The number of piperidine rings is 1. The Balaban J connectivity index is 1.69. The summed E-state index contributed by atoms with van der Waals surface area (Å²) in [5.74, 6) is 0. The van der Waals surface area contributed by atoms with Crippen molar-refractivity contribution in [1.82, 2.24) is 10.2 Å². The zero-order valence-electron chi connectivity index (χ0n) is 12.8. The third-order valence-corrected chi connectivity index (χ3v) is 5.11. The summed E-state index contributed by atoms with van der Waals surface area (Å²) in [4.78, 5) is 2.52. The number of halogens is 3. The first-order chi connectivity index (χ1) is 10.5. The van der Waals surface area contributed by atoms with Crippen LogP contribution in [0.2, 0.25) is 0 Å². The first kappa shape index (κ1) is 15.8. The maximum atomic E-state index is 12.8. The Morgan fingerprint density at radius 1 is 1.18 bits per heavy atom. The number of hydrogen-bond donors (Lipinski definition) is 1. The van der Waals surface area contributed by atoms with Gasteiger partial charge in [-0.2, -0.15) is 13.2 Å². The van der Waals surface area contributed by atoms with Crippen molar-refractivity contribution < 1.29 is 13.2 Å². The predicted molar refractivity (Wildman–Crippen MR) is 80.8 cm³/mol. The van der Waals surface area contributed by atoms with Crippen molar-refractivity contribution >= 4 is 0 Å². The van der Waals surface area contributed by atoms with E-state index < -0.39 is 11.7 Å². The molecule has 0 spiro atoms. The molecule has 0 unspecified atom stereocenters. The van der Waals surface area contributed by atoms with Crippen LogP contribution in [0.1, 0.15) is 36.8 Å². The molecule has 5 heteroatoms. The van der Waals surface area contributed by atoms with E-state index in [1.807, 2.05) is 6.07 Å². The molecule has 22 heavy (non-hydrogen) atoms. The molecule has 0 saturated carbocycles. The van der Waals surface area contributed by atoms with Gasteiger partial charge in [-0.25, -0.2) is 0 Å². The summed E-state index contributed by atoms with van der Waals surface area (Å²) < 4.78 is 38.4. The van der Waals surface area contributed by atoms with Crippen molar-refractivity contribution in [2.24, 2.45) is 0 Å². The molecule has 0 aromatic heterocycles. The molecule has 2 heterocycles. The van der Waals surface area contributed by atoms with Gasteiger partial charge in [-0.1, -0.05) is 18.2 Å². The van der Waals surface area contributed by atoms with Crippen LogP contribution >= 0.6 is 0 Å². The van der Waals surface area contributed by atoms with E-state index in [1.54, 1.807) is 0 Å². The average molecular weight is 312 g/mol. The van der Waals surface area contributed by atoms with Crippen LogP contribution in [0.5, 0.6) is 0 Å². The Kier molecular flexibility index (Phi) is 4.46. The van der Waals surface area contributed by atoms with Gasteiger partial charge < -0.3 is 5.32 Å². The van der Waals surface area contributed by atoms with Crippen LogP contribution in [-0.4, -0.2) is 36.6 Å². The van der Waals surface area contributed by atoms with Crippen molar-refractivity contribution in [2.75, 3.05) is 26.2 Å². The fraction of sp³-hybridized carbons (Fsp3) is 0.647. The molecule has 1 atom stereocenters. The van der Waals surface area contributed by atoms with Crippen molar-refractivity contribution in [3.05, 3.63) is 35.4 Å². The minimum absolute atomic E-state index is 0.144. The summed E-state index contributed by atoms with van der Waals surface area (Å²) in [7, 11) is 0. The predicted octanol–water partition coefficient (Wildman–Crippen LogP) is 3.47. The Labute approximate surface area is 129 Å². The minimum Gasteiger partial charge on any atom is -0.315 e. The monoisotopic (exact) mass is 312 g/mol. The molecule has 1 N–H and O–H groups in total. The van der Waals surface area contributed by atoms with E-state index in [0.717, 1.165) is 57.1 Å². The van der Waals surface area contributed by atoms with E-state index in [9.17, 15) is 13.2 Å². The third-order valence-electron chi connectivity index (χ3n) is 5.11. The summed E-state index contributed by atoms with van der Waals surface area (Å²) in [6.45, 7) is 4.28. The molecular formula is C17H23F3N2. The number of nitrogens with one attached hydrogen (secondary N) is 1. The second-order valence-electron chi connectivity index (χ2n) is 6.54. The Morgan fingerprint density at radius 3 is 2.59 bits per heavy atom. The molecule has 0 radical (unpaired) electrons. The highest BCUT2D eigenvalue weighted by atomic mass is 19.4. The van der Waals surface area contributed by atoms with E-state index in [-0.39, 0.29) is 5.54 Å². The lowest BCUT2D eigenvalue weighted by molar-refractivity contribution is -0.137. The van der Waals surface area contributed by atoms with Crippen molar-refractivity contribution in [2.45, 2.75) is 43.8 Å². The zero-order chi connectivity index (χ0) is 15.6. The van der Waals surface area contributed by atoms with Gasteiger partial charge in [-0.05, 0) is 63.4 Å². The number of aryl methyl sites for hydroxylation is 1. The van der Waals surface area contributed by atoms with Gasteiger partial charge in [-0.3, -0.25) is 4.90 Å². The van der Waals surface area contributed by atoms with Crippen LogP contribution in [0.4, 0.5) is 13.2 Å². The number of alkyl halides is 3. The lowest BCUT2D eigenvalue weighted by Crippen LogP contribution is -2.62. The molecule has 0 amide bonds. The fourth-order valence-electron chi connectivity index (χ4n) is 3.66. The first-order valence-electron chi connectivity index (χ1n) is 8.12. The highest BCUT2D eigenvalue weighted by Gasteiger charge is 2.40. The highest BCUT2D eigenvalue weighted by molar-refractivity contribution is 5.26. The zero-order valence-corrected chi connectivity index (χ0v) is 12.8. The number of rotatable bonds is 4. The van der Waals surface area contributed by atoms with Gasteiger partial charge in [0.1, 0.15) is 0 Å². The molecule has 2 aliphatic heterocycles. The minimum atomic E-state index is -4.25. The van der Waals surface area contributed by atoms with Crippen LogP contribution in [0.25, 0.3) is 0 Å². The van der Waals surface area contributed by atoms with Gasteiger partial charge in [0, 0.05) is 12.1 Å². The molecule has 0 bridgehead atoms. The van der Waals surface area contributed by atoms with E-state index >= 15 is 0 Å². The van der Waals surface area contributed by atoms with E-state index in [1.165, 1.54) is 18.6 Å². The number of hydrogen-bond acceptors (Lipinski definition) is 2. The maximum Gasteiger partial charge on any atom is 0.416 e. The highest BCUT2D eigenvalue weighted by Crippen LogP contribution is 2.34. The molecular weight excluding hydrogens is 289 g/mol. The Hall–Kier alpha value is -1.07. The standard InChI is InChI=1S/C17H23F3N2/c18-17(19,20)15-5-1-4-14(12-15)6-8-16(22-10-3-11-22)7-2-9-21-13-16/h1,4-5,12,21H,2-3,6-11,13H2/t16-/m0/s1. The number of benzene rings is 1. The van der Waals surface area contributed by atoms with Crippen LogP contribution in [-0.2, 0) is 12.6 Å². The van der Waals surface area contributed by atoms with E-state index in [0.29, 0.717) is 6.42 Å². The van der Waals surface area contributed by atoms with Crippen molar-refractivity contribution in [3.8, 4) is 0 Å². The van der Waals surface area contributed by atoms with Crippen LogP contribution in [0, 0.1) is 0 Å². The van der Waals surface area contributed by atoms with Gasteiger partial charge in [-0.15, -0.1) is 0 Å². The van der Waals surface area contributed by atoms with E-state index in [2.05, 4.69) is 10.2 Å². The second kappa shape index (κ2) is 6.20. The lowest BCUT2D eigenvalue weighted by atomic mass is 9.81. The molecule has 2 nitrogen and oxygen atoms in total. The van der Waals surface area contributed by atoms with Crippen LogP contribution < -0.4 is 5.32 Å². The molecule has 122 valence electrons. The SMILES string of the molecule is FC(F)(F)c1cccc(CC[C@@]2(N3CCC3)CCCNC2)c1. The molecule has 3 rings (SSSR count). The van der Waals surface area contributed by atoms with Crippen molar-refractivity contribution in [3.63, 3.8) is 0 Å². The molecule has 2 fully saturated rings. The van der Waals surface area contributed by atoms with Gasteiger partial charge in [0.25, 0.3) is 0 Å². The molecule has 2 aliphatic rings. The Bertz CT molecular complexity index is 503. The lowest BCUT2D eigenvalue weighted by Gasteiger charge is -2.51. The largest absolute Gasteiger partial charge is 0.416 e. The van der Waals surface area contributed by atoms with Gasteiger partial charge in [0.05, 0.1) is 5.56 Å². The molecule has 1 aromatic carbocycles. The first-order valence-corrected chi connectivity index (χ1v) is 8.12. The van der Waals surface area contributed by atoms with Gasteiger partial charge in [0.15, 0.2) is 0 Å². The molecule has 0 aliphatic carbocycles. The van der Waals surface area contributed by atoms with Crippen molar-refractivity contribution in [1.29, 1.82) is 0 Å². The van der Waals surface area contributed by atoms with Crippen LogP contribution in [0.15, 0.2) is 24.3 Å².